The van der Waals surface area contributed by atoms with Crippen molar-refractivity contribution in [2.45, 2.75) is 16.7 Å². The van der Waals surface area contributed by atoms with E-state index >= 15 is 0 Å². The van der Waals surface area contributed by atoms with E-state index in [1.807, 2.05) is 36.4 Å². The van der Waals surface area contributed by atoms with Crippen LogP contribution < -0.4 is 29.6 Å². The minimum atomic E-state index is -4.13. The average Bonchev–Trinajstić information content (AvgIpc) is 3.17. The zero-order valence-electron chi connectivity index (χ0n) is 29.0. The van der Waals surface area contributed by atoms with Gasteiger partial charge in [-0.15, -0.1) is 0 Å². The number of hydrogen-bond acceptors (Lipinski definition) is 8. The Morgan fingerprint density at radius 3 is 1.22 bits per heavy atom. The molecule has 0 saturated heterocycles. The van der Waals surface area contributed by atoms with Crippen molar-refractivity contribution in [3.8, 4) is 11.5 Å². The second-order valence-corrected chi connectivity index (χ2v) is 15.2. The van der Waals surface area contributed by atoms with E-state index in [1.165, 1.54) is 60.7 Å². The fraction of sp³-hybridized carbons (Fsp3) is 0.0244. The molecule has 0 aliphatic heterocycles. The van der Waals surface area contributed by atoms with E-state index in [-0.39, 0.29) is 21.3 Å². The number of nitrogens with one attached hydrogen (secondary N) is 4. The molecule has 0 saturated carbocycles. The van der Waals surface area contributed by atoms with Crippen LogP contribution in [0.2, 0.25) is 0 Å². The maximum atomic E-state index is 13.1. The van der Waals surface area contributed by atoms with Crippen LogP contribution in [0.5, 0.6) is 11.5 Å². The maximum Gasteiger partial charge on any atom is 0.339 e. The van der Waals surface area contributed by atoms with Crippen molar-refractivity contribution >= 4 is 76.6 Å². The summed E-state index contributed by atoms with van der Waals surface area (Å²) in [6.45, 7) is 1.72. The topological polar surface area (TPSA) is 169 Å². The van der Waals surface area contributed by atoms with Crippen LogP contribution in [0.1, 0.15) is 5.56 Å². The Hall–Kier alpha value is -6.90. The molecule has 0 radical (unpaired) electrons. The quantitative estimate of drug-likeness (QED) is 0.0998. The normalized spacial score (nSPS) is 11.4. The van der Waals surface area contributed by atoms with Crippen LogP contribution in [0.4, 0.5) is 32.3 Å². The number of amides is 4. The Morgan fingerprint density at radius 2 is 0.800 bits per heavy atom. The van der Waals surface area contributed by atoms with Gasteiger partial charge in [0.15, 0.2) is 0 Å². The van der Waals surface area contributed by atoms with Gasteiger partial charge < -0.3 is 29.6 Å². The van der Waals surface area contributed by atoms with Crippen LogP contribution in [-0.4, -0.2) is 28.9 Å². The van der Waals surface area contributed by atoms with E-state index in [0.29, 0.717) is 39.1 Å². The highest BCUT2D eigenvalue weighted by Crippen LogP contribution is 2.29. The van der Waals surface area contributed by atoms with Crippen LogP contribution >= 0.6 is 0 Å². The van der Waals surface area contributed by atoms with Gasteiger partial charge in [0.1, 0.15) is 21.3 Å². The van der Waals surface area contributed by atoms with Crippen molar-refractivity contribution < 1.29 is 34.8 Å². The molecule has 0 aliphatic carbocycles. The van der Waals surface area contributed by atoms with Gasteiger partial charge in [-0.25, -0.2) is 9.59 Å². The minimum absolute atomic E-state index is 0.0456. The summed E-state index contributed by atoms with van der Waals surface area (Å²) in [5, 5.41) is 13.5. The molecule has 0 unspecified atom stereocenters. The first-order chi connectivity index (χ1) is 26.4. The lowest BCUT2D eigenvalue weighted by Crippen LogP contribution is -2.22. The summed E-state index contributed by atoms with van der Waals surface area (Å²) < 4.78 is 63.0. The number of fused-ring (bicyclic) bond motifs is 2. The summed E-state index contributed by atoms with van der Waals surface area (Å²) in [7, 11) is -8.27. The van der Waals surface area contributed by atoms with Gasteiger partial charge in [-0.1, -0.05) is 78.9 Å². The standard InChI is InChI=1S/C41H32N4O8S2/c1-27-36(44-40(46)42-30-19-23-32(24-20-30)52-54(48,49)38-17-6-11-28-9-2-4-13-34(28)38)15-8-16-37(27)45-41(47)43-31-21-25-33(26-22-31)53-55(50,51)39-18-7-12-29-10-3-5-14-35(29)39/h2-26H,1H3,(H2,42,44,46)(H2,43,45,47). The minimum Gasteiger partial charge on any atom is -0.379 e. The zero-order valence-corrected chi connectivity index (χ0v) is 30.6. The smallest absolute Gasteiger partial charge is 0.339 e. The van der Waals surface area contributed by atoms with Crippen molar-refractivity contribution in [1.29, 1.82) is 0 Å². The average molecular weight is 773 g/mol. The van der Waals surface area contributed by atoms with Gasteiger partial charge in [-0.05, 0) is 96.1 Å². The fourth-order valence-corrected chi connectivity index (χ4v) is 8.14. The third kappa shape index (κ3) is 8.35. The van der Waals surface area contributed by atoms with Crippen molar-refractivity contribution in [2.75, 3.05) is 21.3 Å². The molecule has 0 spiro atoms. The molecule has 7 aromatic rings. The first-order valence-corrected chi connectivity index (χ1v) is 19.6. The van der Waals surface area contributed by atoms with Gasteiger partial charge in [-0.3, -0.25) is 0 Å². The van der Waals surface area contributed by atoms with Gasteiger partial charge in [0, 0.05) is 33.5 Å². The van der Waals surface area contributed by atoms with Gasteiger partial charge in [0.25, 0.3) is 0 Å². The molecule has 0 aromatic heterocycles. The predicted molar refractivity (Wildman–Crippen MR) is 213 cm³/mol. The summed E-state index contributed by atoms with van der Waals surface area (Å²) in [6.07, 6.45) is 0. The summed E-state index contributed by atoms with van der Waals surface area (Å²) in [6, 6.07) is 39.7. The molecule has 4 amide bonds. The Labute approximate surface area is 317 Å². The van der Waals surface area contributed by atoms with Crippen molar-refractivity contribution in [3.63, 3.8) is 0 Å². The van der Waals surface area contributed by atoms with E-state index in [2.05, 4.69) is 21.3 Å². The Morgan fingerprint density at radius 1 is 0.436 bits per heavy atom. The summed E-state index contributed by atoms with van der Waals surface area (Å²) in [5.74, 6) is 0.141. The zero-order chi connectivity index (χ0) is 38.6. The molecule has 276 valence electrons. The largest absolute Gasteiger partial charge is 0.379 e. The van der Waals surface area contributed by atoms with Crippen LogP contribution in [0.25, 0.3) is 21.5 Å². The number of benzene rings is 7. The highest BCUT2D eigenvalue weighted by molar-refractivity contribution is 7.87. The van der Waals surface area contributed by atoms with E-state index in [9.17, 15) is 26.4 Å². The summed E-state index contributed by atoms with van der Waals surface area (Å²) in [5.41, 5.74) is 2.16. The Balaban J connectivity index is 0.933. The van der Waals surface area contributed by atoms with Gasteiger partial charge >= 0.3 is 32.3 Å². The van der Waals surface area contributed by atoms with E-state index in [1.54, 1.807) is 61.5 Å². The molecule has 4 N–H and O–H groups in total. The Kier molecular flexibility index (Phi) is 10.1. The molecule has 55 heavy (non-hydrogen) atoms. The molecule has 12 nitrogen and oxygen atoms in total. The molecule has 14 heteroatoms. The molecule has 0 heterocycles. The molecule has 7 rings (SSSR count). The fourth-order valence-electron chi connectivity index (χ4n) is 5.83. The summed E-state index contributed by atoms with van der Waals surface area (Å²) >= 11 is 0. The van der Waals surface area contributed by atoms with E-state index < -0.39 is 32.3 Å². The molecule has 0 atom stereocenters. The van der Waals surface area contributed by atoms with Crippen LogP contribution in [-0.2, 0) is 20.2 Å². The number of carbonyl (C=O) groups excluding carboxylic acids is 2. The second kappa shape index (κ2) is 15.2. The lowest BCUT2D eigenvalue weighted by atomic mass is 10.1. The lowest BCUT2D eigenvalue weighted by molar-refractivity contribution is 0.261. The number of carbonyl (C=O) groups is 2. The number of anilines is 4. The third-order valence-electron chi connectivity index (χ3n) is 8.50. The number of rotatable bonds is 10. The molecule has 0 aliphatic rings. The van der Waals surface area contributed by atoms with Crippen molar-refractivity contribution in [3.05, 3.63) is 157 Å². The second-order valence-electron chi connectivity index (χ2n) is 12.2. The monoisotopic (exact) mass is 772 g/mol. The SMILES string of the molecule is Cc1c(NC(=O)Nc2ccc(OS(=O)(=O)c3cccc4ccccc34)cc2)cccc1NC(=O)Nc1ccc(OS(=O)(=O)c2cccc3ccccc23)cc1. The van der Waals surface area contributed by atoms with Crippen molar-refractivity contribution in [1.82, 2.24) is 0 Å². The van der Waals surface area contributed by atoms with E-state index in [4.69, 9.17) is 8.37 Å². The molecular weight excluding hydrogens is 741 g/mol. The third-order valence-corrected chi connectivity index (χ3v) is 11.1. The molecule has 7 aromatic carbocycles. The highest BCUT2D eigenvalue weighted by atomic mass is 32.2. The number of hydrogen-bond donors (Lipinski definition) is 4. The first kappa shape index (κ1) is 36.5. The Bertz CT molecular complexity index is 2590. The predicted octanol–water partition coefficient (Wildman–Crippen LogP) is 9.12. The highest BCUT2D eigenvalue weighted by Gasteiger charge is 2.21. The van der Waals surface area contributed by atoms with E-state index in [0.717, 1.165) is 10.8 Å². The molecule has 0 fully saturated rings. The van der Waals surface area contributed by atoms with Crippen molar-refractivity contribution in [2.24, 2.45) is 0 Å². The van der Waals surface area contributed by atoms with Gasteiger partial charge in [0.05, 0.1) is 0 Å². The van der Waals surface area contributed by atoms with Crippen LogP contribution in [0, 0.1) is 6.92 Å². The van der Waals surface area contributed by atoms with Crippen LogP contribution in [0.15, 0.2) is 161 Å². The molecule has 0 bridgehead atoms. The summed E-state index contributed by atoms with van der Waals surface area (Å²) in [4.78, 5) is 25.9. The van der Waals surface area contributed by atoms with Gasteiger partial charge in [-0.2, -0.15) is 16.8 Å². The first-order valence-electron chi connectivity index (χ1n) is 16.8. The van der Waals surface area contributed by atoms with Gasteiger partial charge in [0.2, 0.25) is 0 Å². The maximum absolute atomic E-state index is 13.1. The number of urea groups is 2. The lowest BCUT2D eigenvalue weighted by Gasteiger charge is -2.15. The molecular formula is C41H32N4O8S2. The van der Waals surface area contributed by atoms with Crippen LogP contribution in [0.3, 0.4) is 0 Å².